The number of ketones is 2. The molecule has 0 spiro atoms. The zero-order chi connectivity index (χ0) is 15.4. The first-order valence-electron chi connectivity index (χ1n) is 6.05. The fraction of sp³-hybridized carbons (Fsp3) is 0.667. The summed E-state index contributed by atoms with van der Waals surface area (Å²) in [6.07, 6.45) is 0.178. The Hall–Kier alpha value is -1.76. The van der Waals surface area contributed by atoms with Gasteiger partial charge >= 0.3 is 0 Å². The van der Waals surface area contributed by atoms with Crippen molar-refractivity contribution in [3.63, 3.8) is 0 Å². The topological polar surface area (TPSA) is 113 Å². The number of aliphatic hydroxyl groups excluding tert-OH is 1. The van der Waals surface area contributed by atoms with Crippen LogP contribution in [0.15, 0.2) is 0 Å². The highest BCUT2D eigenvalue weighted by molar-refractivity contribution is 5.94. The number of hydrogen-bond acceptors (Lipinski definition) is 5. The third kappa shape index (κ3) is 8.90. The third-order valence-corrected chi connectivity index (χ3v) is 2.06. The molecule has 2 amide bonds. The molecule has 7 heteroatoms. The molecule has 0 aliphatic heterocycles. The molecule has 0 aliphatic carbocycles. The van der Waals surface area contributed by atoms with Gasteiger partial charge in [0.15, 0.2) is 5.78 Å². The van der Waals surface area contributed by atoms with E-state index in [4.69, 9.17) is 5.11 Å². The fourth-order valence-electron chi connectivity index (χ4n) is 1.12. The van der Waals surface area contributed by atoms with Gasteiger partial charge in [-0.15, -0.1) is 0 Å². The molecule has 0 aromatic rings. The van der Waals surface area contributed by atoms with E-state index in [0.29, 0.717) is 6.41 Å². The lowest BCUT2D eigenvalue weighted by Gasteiger charge is -2.18. The molecule has 0 radical (unpaired) electrons. The molecular formula is C12H22N2O5. The molecule has 2 unspecified atom stereocenters. The quantitative estimate of drug-likeness (QED) is 0.500. The number of nitrogens with one attached hydrogen (secondary N) is 2. The van der Waals surface area contributed by atoms with Crippen molar-refractivity contribution in [2.45, 2.75) is 46.2 Å². The van der Waals surface area contributed by atoms with Gasteiger partial charge in [-0.3, -0.25) is 19.2 Å². The fourth-order valence-corrected chi connectivity index (χ4v) is 1.12. The zero-order valence-corrected chi connectivity index (χ0v) is 11.7. The van der Waals surface area contributed by atoms with Crippen molar-refractivity contribution in [3.8, 4) is 0 Å². The Kier molecular flexibility index (Phi) is 11.7. The molecule has 19 heavy (non-hydrogen) atoms. The van der Waals surface area contributed by atoms with E-state index in [-0.39, 0.29) is 12.2 Å². The van der Waals surface area contributed by atoms with Crippen LogP contribution in [-0.2, 0) is 19.2 Å². The molecule has 0 heterocycles. The summed E-state index contributed by atoms with van der Waals surface area (Å²) >= 11 is 0. The van der Waals surface area contributed by atoms with Crippen LogP contribution < -0.4 is 10.6 Å². The minimum atomic E-state index is -1.05. The van der Waals surface area contributed by atoms with E-state index in [2.05, 4.69) is 10.6 Å². The van der Waals surface area contributed by atoms with E-state index in [1.54, 1.807) is 0 Å². The molecule has 0 aromatic heterocycles. The molecule has 0 bridgehead atoms. The van der Waals surface area contributed by atoms with Crippen LogP contribution in [0.1, 0.15) is 34.1 Å². The molecule has 110 valence electrons. The van der Waals surface area contributed by atoms with Gasteiger partial charge in [-0.25, -0.2) is 0 Å². The second kappa shape index (κ2) is 11.3. The van der Waals surface area contributed by atoms with Crippen molar-refractivity contribution in [1.29, 1.82) is 0 Å². The summed E-state index contributed by atoms with van der Waals surface area (Å²) in [7, 11) is 0. The Balaban J connectivity index is 0. The van der Waals surface area contributed by atoms with Crippen LogP contribution in [0.4, 0.5) is 0 Å². The minimum absolute atomic E-state index is 0.182. The minimum Gasteiger partial charge on any atom is -0.389 e. The van der Waals surface area contributed by atoms with Crippen molar-refractivity contribution < 1.29 is 24.3 Å². The van der Waals surface area contributed by atoms with E-state index in [1.807, 2.05) is 13.8 Å². The number of carbonyl (C=O) groups is 4. The molecular weight excluding hydrogens is 252 g/mol. The lowest BCUT2D eigenvalue weighted by Crippen LogP contribution is -2.50. The van der Waals surface area contributed by atoms with Crippen molar-refractivity contribution in [2.75, 3.05) is 6.61 Å². The normalized spacial score (nSPS) is 12.3. The first kappa shape index (κ1) is 19.6. The number of aliphatic hydroxyl groups is 1. The largest absolute Gasteiger partial charge is 0.389 e. The summed E-state index contributed by atoms with van der Waals surface area (Å²) < 4.78 is 0. The van der Waals surface area contributed by atoms with E-state index in [0.717, 1.165) is 0 Å². The second-order valence-electron chi connectivity index (χ2n) is 3.60. The van der Waals surface area contributed by atoms with E-state index in [1.165, 1.54) is 13.8 Å². The lowest BCUT2D eigenvalue weighted by atomic mass is 10.1. The smallest absolute Gasteiger partial charge is 0.242 e. The summed E-state index contributed by atoms with van der Waals surface area (Å²) in [6.45, 7) is 5.95. The van der Waals surface area contributed by atoms with Crippen molar-refractivity contribution >= 4 is 23.9 Å². The average molecular weight is 274 g/mol. The molecule has 7 nitrogen and oxygen atoms in total. The predicted molar refractivity (Wildman–Crippen MR) is 69.3 cm³/mol. The maximum Gasteiger partial charge on any atom is 0.242 e. The molecule has 3 N–H and O–H groups in total. The molecule has 0 aromatic carbocycles. The first-order valence-corrected chi connectivity index (χ1v) is 6.05. The Morgan fingerprint density at radius 3 is 2.16 bits per heavy atom. The van der Waals surface area contributed by atoms with Crippen LogP contribution in [0.5, 0.6) is 0 Å². The summed E-state index contributed by atoms with van der Waals surface area (Å²) in [5.41, 5.74) is 0. The van der Waals surface area contributed by atoms with Gasteiger partial charge in [0.1, 0.15) is 18.4 Å². The van der Waals surface area contributed by atoms with Crippen molar-refractivity contribution in [1.82, 2.24) is 10.6 Å². The second-order valence-corrected chi connectivity index (χ2v) is 3.60. The average Bonchev–Trinajstić information content (AvgIpc) is 2.39. The predicted octanol–water partition coefficient (Wildman–Crippen LogP) is -0.828. The maximum atomic E-state index is 11.5. The highest BCUT2D eigenvalue weighted by Crippen LogP contribution is 1.97. The number of carbonyl (C=O) groups excluding carboxylic acids is 4. The van der Waals surface area contributed by atoms with Gasteiger partial charge in [-0.05, 0) is 13.8 Å². The number of Topliss-reactive ketones (excluding diaryl/α,β-unsaturated/α-hetero) is 2. The molecule has 0 aliphatic rings. The highest BCUT2D eigenvalue weighted by atomic mass is 16.3. The SMILES string of the molecule is CC.CC(=O)CC(NC(=O)C(C)NC=O)C(=O)CO. The van der Waals surface area contributed by atoms with Crippen molar-refractivity contribution in [3.05, 3.63) is 0 Å². The highest BCUT2D eigenvalue weighted by Gasteiger charge is 2.23. The van der Waals surface area contributed by atoms with Crippen LogP contribution >= 0.6 is 0 Å². The Morgan fingerprint density at radius 1 is 1.26 bits per heavy atom. The van der Waals surface area contributed by atoms with Gasteiger partial charge in [-0.1, -0.05) is 13.8 Å². The summed E-state index contributed by atoms with van der Waals surface area (Å²) in [5, 5.41) is 13.2. The van der Waals surface area contributed by atoms with Crippen LogP contribution in [-0.4, -0.2) is 47.7 Å². The van der Waals surface area contributed by atoms with Gasteiger partial charge < -0.3 is 15.7 Å². The molecule has 0 saturated heterocycles. The van der Waals surface area contributed by atoms with Crippen LogP contribution in [0.25, 0.3) is 0 Å². The Morgan fingerprint density at radius 2 is 1.79 bits per heavy atom. The number of amides is 2. The van der Waals surface area contributed by atoms with E-state index in [9.17, 15) is 19.2 Å². The van der Waals surface area contributed by atoms with Crippen LogP contribution in [0.3, 0.4) is 0 Å². The molecule has 0 rings (SSSR count). The zero-order valence-electron chi connectivity index (χ0n) is 11.7. The molecule has 2 atom stereocenters. The summed E-state index contributed by atoms with van der Waals surface area (Å²) in [6, 6.07) is -1.87. The van der Waals surface area contributed by atoms with Crippen LogP contribution in [0, 0.1) is 0 Å². The van der Waals surface area contributed by atoms with Crippen LogP contribution in [0.2, 0.25) is 0 Å². The van der Waals surface area contributed by atoms with E-state index < -0.39 is 30.4 Å². The summed E-state index contributed by atoms with van der Waals surface area (Å²) in [5.74, 6) is -1.52. The number of rotatable bonds is 8. The van der Waals surface area contributed by atoms with Gasteiger partial charge in [0.25, 0.3) is 0 Å². The first-order chi connectivity index (χ1) is 8.92. The van der Waals surface area contributed by atoms with Gasteiger partial charge in [-0.2, -0.15) is 0 Å². The Bertz CT molecular complexity index is 317. The lowest BCUT2D eigenvalue weighted by molar-refractivity contribution is -0.132. The summed E-state index contributed by atoms with van der Waals surface area (Å²) in [4.78, 5) is 43.7. The van der Waals surface area contributed by atoms with Crippen molar-refractivity contribution in [2.24, 2.45) is 0 Å². The number of hydrogen-bond donors (Lipinski definition) is 3. The molecule has 0 saturated carbocycles. The van der Waals surface area contributed by atoms with E-state index >= 15 is 0 Å². The molecule has 0 fully saturated rings. The third-order valence-electron chi connectivity index (χ3n) is 2.06. The maximum absolute atomic E-state index is 11.5. The standard InChI is InChI=1S/C10H16N2O5.C2H6/c1-6(15)3-8(9(16)4-13)12-10(17)7(2)11-5-14;1-2/h5,7-8,13H,3-4H2,1-2H3,(H,11,14)(H,12,17);1-2H3. The van der Waals surface area contributed by atoms with Gasteiger partial charge in [0, 0.05) is 6.42 Å². The monoisotopic (exact) mass is 274 g/mol. The Labute approximate surface area is 112 Å². The van der Waals surface area contributed by atoms with Gasteiger partial charge in [0.05, 0.1) is 6.04 Å². The van der Waals surface area contributed by atoms with Gasteiger partial charge in [0.2, 0.25) is 12.3 Å².